The van der Waals surface area contributed by atoms with E-state index < -0.39 is 11.9 Å². The highest BCUT2D eigenvalue weighted by Gasteiger charge is 2.20. The van der Waals surface area contributed by atoms with Gasteiger partial charge < -0.3 is 19.0 Å². The Kier molecular flexibility index (Phi) is 3.41. The third-order valence-electron chi connectivity index (χ3n) is 2.77. The number of carboxylic acid groups (broad SMARTS) is 1. The van der Waals surface area contributed by atoms with E-state index in [-0.39, 0.29) is 12.0 Å². The molecule has 0 aliphatic carbocycles. The molecule has 0 saturated carbocycles. The van der Waals surface area contributed by atoms with Gasteiger partial charge in [-0.05, 0) is 12.1 Å². The zero-order chi connectivity index (χ0) is 14.0. The van der Waals surface area contributed by atoms with Crippen LogP contribution in [0.2, 0.25) is 0 Å². The molecule has 0 saturated heterocycles. The Hall–Kier alpha value is -2.50. The Labute approximate surface area is 108 Å². The second-order valence-corrected chi connectivity index (χ2v) is 3.84. The van der Waals surface area contributed by atoms with Crippen LogP contribution in [0.5, 0.6) is 5.75 Å². The third kappa shape index (κ3) is 2.24. The summed E-state index contributed by atoms with van der Waals surface area (Å²) in [6, 6.07) is 2.93. The van der Waals surface area contributed by atoms with Crippen molar-refractivity contribution in [2.45, 2.75) is 6.42 Å². The van der Waals surface area contributed by atoms with Gasteiger partial charge in [0, 0.05) is 10.9 Å². The summed E-state index contributed by atoms with van der Waals surface area (Å²) in [5, 5.41) is 9.54. The molecule has 0 fully saturated rings. The lowest BCUT2D eigenvalue weighted by atomic mass is 10.0. The van der Waals surface area contributed by atoms with Crippen LogP contribution in [-0.2, 0) is 16.0 Å². The zero-order valence-corrected chi connectivity index (χ0v) is 10.4. The average Bonchev–Trinajstić information content (AvgIpc) is 2.81. The average molecular weight is 264 g/mol. The lowest BCUT2D eigenvalue weighted by molar-refractivity contribution is -0.139. The van der Waals surface area contributed by atoms with Crippen molar-refractivity contribution in [3.63, 3.8) is 0 Å². The number of rotatable bonds is 4. The van der Waals surface area contributed by atoms with Gasteiger partial charge >= 0.3 is 11.9 Å². The van der Waals surface area contributed by atoms with Crippen molar-refractivity contribution in [1.29, 1.82) is 0 Å². The molecule has 6 heteroatoms. The van der Waals surface area contributed by atoms with Crippen molar-refractivity contribution < 1.29 is 28.6 Å². The fourth-order valence-corrected chi connectivity index (χ4v) is 1.89. The van der Waals surface area contributed by atoms with Gasteiger partial charge in [-0.25, -0.2) is 4.79 Å². The van der Waals surface area contributed by atoms with E-state index in [1.54, 1.807) is 0 Å². The van der Waals surface area contributed by atoms with Gasteiger partial charge in [-0.3, -0.25) is 4.79 Å². The number of methoxy groups -OCH3 is 2. The van der Waals surface area contributed by atoms with Crippen LogP contribution < -0.4 is 4.74 Å². The highest BCUT2D eigenvalue weighted by molar-refractivity contribution is 6.06. The van der Waals surface area contributed by atoms with E-state index >= 15 is 0 Å². The van der Waals surface area contributed by atoms with Gasteiger partial charge in [0.05, 0.1) is 32.5 Å². The van der Waals surface area contributed by atoms with Crippen LogP contribution in [-0.4, -0.2) is 31.3 Å². The summed E-state index contributed by atoms with van der Waals surface area (Å²) < 4.78 is 15.0. The molecule has 0 aliphatic rings. The van der Waals surface area contributed by atoms with Crippen LogP contribution in [0.4, 0.5) is 0 Å². The van der Waals surface area contributed by atoms with Crippen LogP contribution in [0.25, 0.3) is 11.0 Å². The van der Waals surface area contributed by atoms with E-state index in [0.29, 0.717) is 22.3 Å². The van der Waals surface area contributed by atoms with E-state index in [2.05, 4.69) is 4.74 Å². The van der Waals surface area contributed by atoms with Gasteiger partial charge in [0.15, 0.2) is 11.3 Å². The first-order valence-electron chi connectivity index (χ1n) is 5.45. The minimum atomic E-state index is -1.10. The molecule has 1 N–H and O–H groups in total. The van der Waals surface area contributed by atoms with Gasteiger partial charge in [0.25, 0.3) is 0 Å². The second kappa shape index (κ2) is 5.01. The molecule has 0 amide bonds. The van der Waals surface area contributed by atoms with Crippen molar-refractivity contribution in [1.82, 2.24) is 0 Å². The van der Waals surface area contributed by atoms with Gasteiger partial charge in [0.2, 0.25) is 0 Å². The topological polar surface area (TPSA) is 86.0 Å². The van der Waals surface area contributed by atoms with Gasteiger partial charge in [-0.15, -0.1) is 0 Å². The molecule has 0 spiro atoms. The van der Waals surface area contributed by atoms with Crippen molar-refractivity contribution in [2.75, 3.05) is 14.2 Å². The molecule has 19 heavy (non-hydrogen) atoms. The molecule has 2 rings (SSSR count). The maximum Gasteiger partial charge on any atom is 0.336 e. The molecule has 0 aliphatic heterocycles. The lowest BCUT2D eigenvalue weighted by Crippen LogP contribution is -2.05. The molecular formula is C13H12O6. The first kappa shape index (κ1) is 12.9. The summed E-state index contributed by atoms with van der Waals surface area (Å²) >= 11 is 0. The van der Waals surface area contributed by atoms with Crippen molar-refractivity contribution in [3.05, 3.63) is 29.5 Å². The number of carbonyl (C=O) groups is 2. The molecule has 1 aromatic heterocycles. The Morgan fingerprint density at radius 1 is 1.32 bits per heavy atom. The minimum Gasteiger partial charge on any atom is -0.493 e. The summed E-state index contributed by atoms with van der Waals surface area (Å²) in [6.07, 6.45) is 1.29. The molecule has 0 unspecified atom stereocenters. The summed E-state index contributed by atoms with van der Waals surface area (Å²) in [7, 11) is 2.72. The summed E-state index contributed by atoms with van der Waals surface area (Å²) in [6.45, 7) is 0. The van der Waals surface area contributed by atoms with Crippen LogP contribution in [0.1, 0.15) is 15.9 Å². The standard InChI is InChI=1S/C13H12O6/c1-17-9-4-3-8(13(15)16)11-7(5-10(14)18-2)6-19-12(9)11/h3-4,6H,5H2,1-2H3,(H,15,16). The summed E-state index contributed by atoms with van der Waals surface area (Å²) in [5.74, 6) is -1.15. The summed E-state index contributed by atoms with van der Waals surface area (Å²) in [5.41, 5.74) is 0.822. The fourth-order valence-electron chi connectivity index (χ4n) is 1.89. The van der Waals surface area contributed by atoms with Crippen LogP contribution in [0.15, 0.2) is 22.8 Å². The van der Waals surface area contributed by atoms with Gasteiger partial charge in [-0.2, -0.15) is 0 Å². The van der Waals surface area contributed by atoms with Gasteiger partial charge in [0.1, 0.15) is 0 Å². The van der Waals surface area contributed by atoms with Gasteiger partial charge in [-0.1, -0.05) is 0 Å². The number of benzene rings is 1. The Morgan fingerprint density at radius 3 is 2.63 bits per heavy atom. The molecule has 2 aromatic rings. The Bertz CT molecular complexity index is 640. The fraction of sp³-hybridized carbons (Fsp3) is 0.231. The molecule has 0 atom stereocenters. The smallest absolute Gasteiger partial charge is 0.336 e. The molecule has 1 aromatic carbocycles. The third-order valence-corrected chi connectivity index (χ3v) is 2.77. The number of ether oxygens (including phenoxy) is 2. The predicted molar refractivity (Wildman–Crippen MR) is 65.4 cm³/mol. The van der Waals surface area contributed by atoms with Crippen LogP contribution in [0, 0.1) is 0 Å². The normalized spacial score (nSPS) is 10.4. The molecule has 1 heterocycles. The molecule has 0 bridgehead atoms. The Balaban J connectivity index is 2.66. The number of esters is 1. The second-order valence-electron chi connectivity index (χ2n) is 3.84. The predicted octanol–water partition coefficient (Wildman–Crippen LogP) is 1.86. The van der Waals surface area contributed by atoms with Crippen molar-refractivity contribution in [3.8, 4) is 5.75 Å². The van der Waals surface area contributed by atoms with Crippen molar-refractivity contribution >= 4 is 22.9 Å². The molecule has 0 radical (unpaired) electrons. The number of furan rings is 1. The minimum absolute atomic E-state index is 0.0586. The number of hydrogen-bond acceptors (Lipinski definition) is 5. The van der Waals surface area contributed by atoms with Crippen LogP contribution in [0.3, 0.4) is 0 Å². The lowest BCUT2D eigenvalue weighted by Gasteiger charge is -2.04. The number of carbonyl (C=O) groups excluding carboxylic acids is 1. The van der Waals surface area contributed by atoms with E-state index in [1.807, 2.05) is 0 Å². The largest absolute Gasteiger partial charge is 0.493 e. The van der Waals surface area contributed by atoms with E-state index in [0.717, 1.165) is 0 Å². The first-order chi connectivity index (χ1) is 9.08. The number of carboxylic acids is 1. The van der Waals surface area contributed by atoms with E-state index in [4.69, 9.17) is 9.15 Å². The Morgan fingerprint density at radius 2 is 2.05 bits per heavy atom. The zero-order valence-electron chi connectivity index (χ0n) is 10.4. The quantitative estimate of drug-likeness (QED) is 0.848. The van der Waals surface area contributed by atoms with E-state index in [1.165, 1.54) is 32.6 Å². The highest BCUT2D eigenvalue weighted by atomic mass is 16.5. The van der Waals surface area contributed by atoms with Crippen LogP contribution >= 0.6 is 0 Å². The molecule has 100 valence electrons. The monoisotopic (exact) mass is 264 g/mol. The molecular weight excluding hydrogens is 252 g/mol. The molecule has 6 nitrogen and oxygen atoms in total. The number of aromatic carboxylic acids is 1. The SMILES string of the molecule is COC(=O)Cc1coc2c(OC)ccc(C(=O)O)c12. The number of fused-ring (bicyclic) bond motifs is 1. The maximum atomic E-state index is 11.3. The van der Waals surface area contributed by atoms with E-state index in [9.17, 15) is 14.7 Å². The first-order valence-corrected chi connectivity index (χ1v) is 5.45. The van der Waals surface area contributed by atoms with Crippen molar-refractivity contribution in [2.24, 2.45) is 0 Å². The maximum absolute atomic E-state index is 11.3. The highest BCUT2D eigenvalue weighted by Crippen LogP contribution is 2.33. The number of hydrogen-bond donors (Lipinski definition) is 1. The summed E-state index contributed by atoms with van der Waals surface area (Å²) in [4.78, 5) is 22.5.